The molecule has 1 heterocycles. The third kappa shape index (κ3) is 4.94. The van der Waals surface area contributed by atoms with Gasteiger partial charge in [-0.3, -0.25) is 0 Å². The Hall–Kier alpha value is -2.12. The van der Waals surface area contributed by atoms with E-state index in [1.807, 2.05) is 6.92 Å². The zero-order chi connectivity index (χ0) is 14.3. The zero-order valence-electron chi connectivity index (χ0n) is 10.9. The van der Waals surface area contributed by atoms with Gasteiger partial charge in [0.25, 0.3) is 0 Å². The van der Waals surface area contributed by atoms with Crippen LogP contribution in [0.3, 0.4) is 0 Å². The molecule has 0 bridgehead atoms. The van der Waals surface area contributed by atoms with Crippen LogP contribution in [0.25, 0.3) is 0 Å². The number of hydrogen-bond donors (Lipinski definition) is 3. The monoisotopic (exact) mass is 270 g/mol. The topological polar surface area (TPSA) is 117 Å². The molecule has 0 saturated carbocycles. The first-order valence-corrected chi connectivity index (χ1v) is 6.07. The van der Waals surface area contributed by atoms with Gasteiger partial charge >= 0.3 is 12.0 Å². The summed E-state index contributed by atoms with van der Waals surface area (Å²) in [4.78, 5) is 26.4. The van der Waals surface area contributed by atoms with Gasteiger partial charge in [0.1, 0.15) is 6.04 Å². The molecule has 0 aromatic carbocycles. The fourth-order valence-electron chi connectivity index (χ4n) is 1.46. The molecule has 2 atom stereocenters. The lowest BCUT2D eigenvalue weighted by atomic mass is 9.99. The number of aromatic nitrogens is 2. The maximum Gasteiger partial charge on any atom is 0.326 e. The first-order chi connectivity index (χ1) is 9.04. The summed E-state index contributed by atoms with van der Waals surface area (Å²) >= 11 is 0. The average molecular weight is 270 g/mol. The van der Waals surface area contributed by atoms with E-state index in [-0.39, 0.29) is 5.92 Å². The average Bonchev–Trinajstić information content (AvgIpc) is 2.87. The smallest absolute Gasteiger partial charge is 0.326 e. The van der Waals surface area contributed by atoms with Gasteiger partial charge in [-0.05, 0) is 5.92 Å². The van der Waals surface area contributed by atoms with E-state index in [9.17, 15) is 9.59 Å². The van der Waals surface area contributed by atoms with Crippen LogP contribution in [0, 0.1) is 5.92 Å². The molecule has 8 nitrogen and oxygen atoms in total. The first kappa shape index (κ1) is 14.9. The number of rotatable bonds is 7. The number of hydrogen-bond acceptors (Lipinski definition) is 5. The Kier molecular flexibility index (Phi) is 5.77. The molecule has 0 fully saturated rings. The predicted molar refractivity (Wildman–Crippen MR) is 65.4 cm³/mol. The van der Waals surface area contributed by atoms with Crippen LogP contribution in [-0.4, -0.2) is 39.8 Å². The number of nitrogens with one attached hydrogen (secondary N) is 2. The molecule has 1 aromatic heterocycles. The Morgan fingerprint density at radius 3 is 2.79 bits per heavy atom. The van der Waals surface area contributed by atoms with Crippen molar-refractivity contribution in [3.63, 3.8) is 0 Å². The number of urea groups is 1. The van der Waals surface area contributed by atoms with E-state index in [4.69, 9.17) is 9.63 Å². The van der Waals surface area contributed by atoms with Crippen LogP contribution in [0.15, 0.2) is 10.9 Å². The predicted octanol–water partition coefficient (Wildman–Crippen LogP) is 0.411. The van der Waals surface area contributed by atoms with Gasteiger partial charge < -0.3 is 20.3 Å². The number of carboxylic acid groups (broad SMARTS) is 1. The highest BCUT2D eigenvalue weighted by atomic mass is 16.5. The van der Waals surface area contributed by atoms with Gasteiger partial charge in [0, 0.05) is 13.0 Å². The summed E-state index contributed by atoms with van der Waals surface area (Å²) in [5.74, 6) is -0.766. The second-order valence-electron chi connectivity index (χ2n) is 4.19. The molecule has 0 aliphatic heterocycles. The highest BCUT2D eigenvalue weighted by molar-refractivity contribution is 5.82. The van der Waals surface area contributed by atoms with E-state index in [0.717, 1.165) is 0 Å². The third-order valence-electron chi connectivity index (χ3n) is 2.80. The fourth-order valence-corrected chi connectivity index (χ4v) is 1.46. The van der Waals surface area contributed by atoms with E-state index < -0.39 is 18.0 Å². The standard InChI is InChI=1S/C11H18N4O4/c1-3-7(2)9(10(16)17)15-11(18)12-5-4-8-13-6-14-19-8/h6-7,9H,3-5H2,1-2H3,(H,16,17)(H2,12,15,18)/t7-,9-/m0/s1. The van der Waals surface area contributed by atoms with E-state index in [1.54, 1.807) is 6.92 Å². The molecule has 106 valence electrons. The number of carbonyl (C=O) groups excluding carboxylic acids is 1. The van der Waals surface area contributed by atoms with Crippen molar-refractivity contribution in [1.29, 1.82) is 0 Å². The van der Waals surface area contributed by atoms with Crippen molar-refractivity contribution in [2.75, 3.05) is 6.54 Å². The van der Waals surface area contributed by atoms with Crippen molar-refractivity contribution in [1.82, 2.24) is 20.8 Å². The summed E-state index contributed by atoms with van der Waals surface area (Å²) in [6, 6.07) is -1.42. The lowest BCUT2D eigenvalue weighted by Crippen LogP contribution is -2.49. The number of carboxylic acids is 1. The Morgan fingerprint density at radius 2 is 2.26 bits per heavy atom. The van der Waals surface area contributed by atoms with Gasteiger partial charge in [-0.15, -0.1) is 0 Å². The summed E-state index contributed by atoms with van der Waals surface area (Å²) < 4.78 is 4.76. The lowest BCUT2D eigenvalue weighted by molar-refractivity contribution is -0.140. The van der Waals surface area contributed by atoms with Gasteiger partial charge in [-0.25, -0.2) is 9.59 Å². The third-order valence-corrected chi connectivity index (χ3v) is 2.80. The lowest BCUT2D eigenvalue weighted by Gasteiger charge is -2.20. The Balaban J connectivity index is 2.34. The number of nitrogens with zero attached hydrogens (tertiary/aromatic N) is 2. The van der Waals surface area contributed by atoms with Crippen molar-refractivity contribution in [3.05, 3.63) is 12.2 Å². The molecular formula is C11H18N4O4. The summed E-state index contributed by atoms with van der Waals surface area (Å²) in [6.45, 7) is 3.94. The van der Waals surface area contributed by atoms with Crippen LogP contribution in [0.4, 0.5) is 4.79 Å². The van der Waals surface area contributed by atoms with Crippen LogP contribution in [0.2, 0.25) is 0 Å². The summed E-state index contributed by atoms with van der Waals surface area (Å²) in [5.41, 5.74) is 0. The molecule has 0 aliphatic rings. The van der Waals surface area contributed by atoms with E-state index in [2.05, 4.69) is 20.8 Å². The van der Waals surface area contributed by atoms with Gasteiger partial charge in [0.05, 0.1) is 0 Å². The fraction of sp³-hybridized carbons (Fsp3) is 0.636. The van der Waals surface area contributed by atoms with Crippen LogP contribution in [0.1, 0.15) is 26.2 Å². The summed E-state index contributed by atoms with van der Waals surface area (Å²) in [5, 5.41) is 17.4. The molecule has 1 rings (SSSR count). The zero-order valence-corrected chi connectivity index (χ0v) is 10.9. The number of carbonyl (C=O) groups is 2. The molecule has 3 N–H and O–H groups in total. The Labute approximate surface area is 110 Å². The SMILES string of the molecule is CC[C@H](C)[C@H](NC(=O)NCCc1ncno1)C(=O)O. The van der Waals surface area contributed by atoms with Crippen molar-refractivity contribution >= 4 is 12.0 Å². The second kappa shape index (κ2) is 7.34. The highest BCUT2D eigenvalue weighted by Crippen LogP contribution is 2.07. The van der Waals surface area contributed by atoms with Gasteiger partial charge in [0.2, 0.25) is 5.89 Å². The molecule has 0 aliphatic carbocycles. The molecule has 1 aromatic rings. The molecule has 0 spiro atoms. The van der Waals surface area contributed by atoms with E-state index >= 15 is 0 Å². The van der Waals surface area contributed by atoms with E-state index in [1.165, 1.54) is 6.33 Å². The van der Waals surface area contributed by atoms with Gasteiger partial charge in [-0.1, -0.05) is 25.4 Å². The molecule has 0 unspecified atom stereocenters. The molecule has 2 amide bonds. The summed E-state index contributed by atoms with van der Waals surface area (Å²) in [6.07, 6.45) is 2.34. The highest BCUT2D eigenvalue weighted by Gasteiger charge is 2.24. The van der Waals surface area contributed by atoms with Crippen LogP contribution in [-0.2, 0) is 11.2 Å². The van der Waals surface area contributed by atoms with Crippen molar-refractivity contribution in [3.8, 4) is 0 Å². The molecule has 8 heteroatoms. The van der Waals surface area contributed by atoms with Crippen LogP contribution >= 0.6 is 0 Å². The summed E-state index contributed by atoms with van der Waals surface area (Å²) in [7, 11) is 0. The minimum Gasteiger partial charge on any atom is -0.480 e. The Morgan fingerprint density at radius 1 is 1.53 bits per heavy atom. The molecule has 0 saturated heterocycles. The minimum atomic E-state index is -1.04. The van der Waals surface area contributed by atoms with Crippen LogP contribution in [0.5, 0.6) is 0 Å². The minimum absolute atomic E-state index is 0.140. The van der Waals surface area contributed by atoms with Crippen molar-refractivity contribution in [2.45, 2.75) is 32.7 Å². The number of amides is 2. The van der Waals surface area contributed by atoms with Gasteiger partial charge in [0.15, 0.2) is 6.33 Å². The molecule has 0 radical (unpaired) electrons. The quantitative estimate of drug-likeness (QED) is 0.660. The van der Waals surface area contributed by atoms with Crippen molar-refractivity contribution in [2.24, 2.45) is 5.92 Å². The number of aliphatic carboxylic acids is 1. The Bertz CT molecular complexity index is 407. The normalized spacial score (nSPS) is 13.6. The first-order valence-electron chi connectivity index (χ1n) is 6.07. The second-order valence-corrected chi connectivity index (χ2v) is 4.19. The van der Waals surface area contributed by atoms with E-state index in [0.29, 0.717) is 25.3 Å². The molecular weight excluding hydrogens is 252 g/mol. The maximum absolute atomic E-state index is 11.6. The maximum atomic E-state index is 11.6. The molecule has 19 heavy (non-hydrogen) atoms. The van der Waals surface area contributed by atoms with Gasteiger partial charge in [-0.2, -0.15) is 4.98 Å². The largest absolute Gasteiger partial charge is 0.480 e. The van der Waals surface area contributed by atoms with Crippen molar-refractivity contribution < 1.29 is 19.2 Å². The van der Waals surface area contributed by atoms with Crippen LogP contribution < -0.4 is 10.6 Å².